The van der Waals surface area contributed by atoms with E-state index in [9.17, 15) is 0 Å². The highest BCUT2D eigenvalue weighted by atomic mass is 15.3. The lowest BCUT2D eigenvalue weighted by Gasteiger charge is -2.00. The number of nitrogens with zero attached hydrogens (tertiary/aromatic N) is 3. The zero-order valence-corrected chi connectivity index (χ0v) is 10.4. The molecule has 0 aliphatic carbocycles. The van der Waals surface area contributed by atoms with E-state index in [0.717, 1.165) is 22.7 Å². The molecule has 1 aromatic carbocycles. The molecule has 90 valence electrons. The first-order valence-electron chi connectivity index (χ1n) is 5.87. The van der Waals surface area contributed by atoms with E-state index in [4.69, 9.17) is 0 Å². The highest BCUT2D eigenvalue weighted by Gasteiger charge is 2.06. The van der Waals surface area contributed by atoms with Gasteiger partial charge in [0.2, 0.25) is 0 Å². The molecule has 0 aliphatic rings. The number of fused-ring (bicyclic) bond motifs is 1. The SMILES string of the molecule is CNc1cccc(-c2nc3ccc(C)cn3n2)c1. The Morgan fingerprint density at radius 1 is 1.17 bits per heavy atom. The summed E-state index contributed by atoms with van der Waals surface area (Å²) in [5.41, 5.74) is 4.11. The van der Waals surface area contributed by atoms with Crippen molar-refractivity contribution in [3.05, 3.63) is 48.2 Å². The molecule has 0 spiro atoms. The van der Waals surface area contributed by atoms with Crippen LogP contribution in [0.1, 0.15) is 5.56 Å². The van der Waals surface area contributed by atoms with Gasteiger partial charge in [-0.25, -0.2) is 9.50 Å². The van der Waals surface area contributed by atoms with Crippen LogP contribution in [-0.2, 0) is 0 Å². The quantitative estimate of drug-likeness (QED) is 0.746. The Morgan fingerprint density at radius 3 is 2.89 bits per heavy atom. The van der Waals surface area contributed by atoms with Crippen molar-refractivity contribution >= 4 is 11.3 Å². The van der Waals surface area contributed by atoms with E-state index in [1.54, 1.807) is 0 Å². The third-order valence-corrected chi connectivity index (χ3v) is 2.89. The topological polar surface area (TPSA) is 42.2 Å². The summed E-state index contributed by atoms with van der Waals surface area (Å²) >= 11 is 0. The minimum Gasteiger partial charge on any atom is -0.388 e. The van der Waals surface area contributed by atoms with Crippen molar-refractivity contribution in [1.29, 1.82) is 0 Å². The first-order chi connectivity index (χ1) is 8.76. The molecule has 0 unspecified atom stereocenters. The number of benzene rings is 1. The van der Waals surface area contributed by atoms with Crippen LogP contribution in [-0.4, -0.2) is 21.6 Å². The maximum atomic E-state index is 4.52. The van der Waals surface area contributed by atoms with Crippen molar-refractivity contribution in [3.63, 3.8) is 0 Å². The molecule has 3 aromatic rings. The van der Waals surface area contributed by atoms with Crippen molar-refractivity contribution in [3.8, 4) is 11.4 Å². The van der Waals surface area contributed by atoms with Crippen LogP contribution in [0.2, 0.25) is 0 Å². The number of aromatic nitrogens is 3. The van der Waals surface area contributed by atoms with Gasteiger partial charge in [-0.05, 0) is 30.7 Å². The molecule has 0 saturated carbocycles. The van der Waals surface area contributed by atoms with Crippen LogP contribution in [0.25, 0.3) is 17.0 Å². The van der Waals surface area contributed by atoms with E-state index < -0.39 is 0 Å². The van der Waals surface area contributed by atoms with E-state index in [-0.39, 0.29) is 0 Å². The monoisotopic (exact) mass is 238 g/mol. The third kappa shape index (κ3) is 1.82. The van der Waals surface area contributed by atoms with Crippen molar-refractivity contribution in [1.82, 2.24) is 14.6 Å². The third-order valence-electron chi connectivity index (χ3n) is 2.89. The van der Waals surface area contributed by atoms with E-state index in [1.165, 1.54) is 5.56 Å². The predicted molar refractivity (Wildman–Crippen MR) is 72.7 cm³/mol. The fourth-order valence-electron chi connectivity index (χ4n) is 1.92. The lowest BCUT2D eigenvalue weighted by molar-refractivity contribution is 0.956. The first-order valence-corrected chi connectivity index (χ1v) is 5.87. The second-order valence-electron chi connectivity index (χ2n) is 4.28. The molecule has 2 heterocycles. The smallest absolute Gasteiger partial charge is 0.182 e. The van der Waals surface area contributed by atoms with Gasteiger partial charge in [0.1, 0.15) is 0 Å². The molecule has 0 fully saturated rings. The van der Waals surface area contributed by atoms with Gasteiger partial charge in [-0.3, -0.25) is 0 Å². The Balaban J connectivity index is 2.13. The van der Waals surface area contributed by atoms with Gasteiger partial charge in [0, 0.05) is 24.5 Å². The molecular weight excluding hydrogens is 224 g/mol. The second-order valence-corrected chi connectivity index (χ2v) is 4.28. The summed E-state index contributed by atoms with van der Waals surface area (Å²) in [7, 11) is 1.90. The van der Waals surface area contributed by atoms with Crippen LogP contribution in [0.3, 0.4) is 0 Å². The molecule has 0 radical (unpaired) electrons. The number of nitrogens with one attached hydrogen (secondary N) is 1. The average Bonchev–Trinajstić information content (AvgIpc) is 2.81. The summed E-state index contributed by atoms with van der Waals surface area (Å²) in [6, 6.07) is 12.1. The van der Waals surface area contributed by atoms with Crippen LogP contribution in [0, 0.1) is 6.92 Å². The van der Waals surface area contributed by atoms with Gasteiger partial charge >= 0.3 is 0 Å². The summed E-state index contributed by atoms with van der Waals surface area (Å²) in [5.74, 6) is 0.748. The zero-order chi connectivity index (χ0) is 12.5. The lowest BCUT2D eigenvalue weighted by atomic mass is 10.2. The van der Waals surface area contributed by atoms with Gasteiger partial charge in [0.25, 0.3) is 0 Å². The molecule has 0 atom stereocenters. The number of anilines is 1. The highest BCUT2D eigenvalue weighted by molar-refractivity contribution is 5.63. The number of hydrogen-bond acceptors (Lipinski definition) is 3. The van der Waals surface area contributed by atoms with Crippen LogP contribution in [0.15, 0.2) is 42.6 Å². The van der Waals surface area contributed by atoms with Crippen LogP contribution in [0.5, 0.6) is 0 Å². The molecule has 18 heavy (non-hydrogen) atoms. The molecule has 3 rings (SSSR count). The van der Waals surface area contributed by atoms with Gasteiger partial charge in [0.05, 0.1) is 0 Å². The van der Waals surface area contributed by atoms with Crippen molar-refractivity contribution < 1.29 is 0 Å². The highest BCUT2D eigenvalue weighted by Crippen LogP contribution is 2.20. The molecule has 4 heteroatoms. The Labute approximate surface area is 105 Å². The van der Waals surface area contributed by atoms with Gasteiger partial charge in [-0.1, -0.05) is 18.2 Å². The number of hydrogen-bond donors (Lipinski definition) is 1. The maximum Gasteiger partial charge on any atom is 0.182 e. The summed E-state index contributed by atoms with van der Waals surface area (Å²) in [5, 5.41) is 7.61. The van der Waals surface area contributed by atoms with Gasteiger partial charge in [-0.15, -0.1) is 5.10 Å². The van der Waals surface area contributed by atoms with Crippen LogP contribution < -0.4 is 5.32 Å². The molecule has 0 bridgehead atoms. The molecule has 0 amide bonds. The molecular formula is C14H14N4. The van der Waals surface area contributed by atoms with E-state index in [2.05, 4.69) is 15.4 Å². The van der Waals surface area contributed by atoms with E-state index in [1.807, 2.05) is 61.1 Å². The van der Waals surface area contributed by atoms with E-state index >= 15 is 0 Å². The van der Waals surface area contributed by atoms with Crippen LogP contribution in [0.4, 0.5) is 5.69 Å². The molecule has 1 N–H and O–H groups in total. The molecule has 2 aromatic heterocycles. The van der Waals surface area contributed by atoms with E-state index in [0.29, 0.717) is 0 Å². The Hall–Kier alpha value is -2.36. The second kappa shape index (κ2) is 4.14. The fourth-order valence-corrected chi connectivity index (χ4v) is 1.92. The number of rotatable bonds is 2. The number of aryl methyl sites for hydroxylation is 1. The maximum absolute atomic E-state index is 4.52. The zero-order valence-electron chi connectivity index (χ0n) is 10.4. The normalized spacial score (nSPS) is 10.8. The minimum atomic E-state index is 0.748. The summed E-state index contributed by atoms with van der Waals surface area (Å²) < 4.78 is 1.82. The lowest BCUT2D eigenvalue weighted by Crippen LogP contribution is -1.89. The van der Waals surface area contributed by atoms with Crippen molar-refractivity contribution in [2.75, 3.05) is 12.4 Å². The Bertz CT molecular complexity index is 700. The minimum absolute atomic E-state index is 0.748. The van der Waals surface area contributed by atoms with Gasteiger partial charge in [0.15, 0.2) is 11.5 Å². The van der Waals surface area contributed by atoms with Crippen molar-refractivity contribution in [2.24, 2.45) is 0 Å². The van der Waals surface area contributed by atoms with Gasteiger partial charge in [-0.2, -0.15) is 0 Å². The molecule has 0 aliphatic heterocycles. The Kier molecular flexibility index (Phi) is 2.48. The largest absolute Gasteiger partial charge is 0.388 e. The first kappa shape index (κ1) is 10.8. The van der Waals surface area contributed by atoms with Gasteiger partial charge < -0.3 is 5.32 Å². The van der Waals surface area contributed by atoms with Crippen molar-refractivity contribution in [2.45, 2.75) is 6.92 Å². The standard InChI is InChI=1S/C14H14N4/c1-10-6-7-13-16-14(17-18(13)9-10)11-4-3-5-12(8-11)15-2/h3-9,15H,1-2H3. The predicted octanol–water partition coefficient (Wildman–Crippen LogP) is 2.75. The Morgan fingerprint density at radius 2 is 2.06 bits per heavy atom. The molecule has 4 nitrogen and oxygen atoms in total. The van der Waals surface area contributed by atoms with Crippen LogP contribution >= 0.6 is 0 Å². The molecule has 0 saturated heterocycles. The summed E-state index contributed by atoms with van der Waals surface area (Å²) in [4.78, 5) is 4.52. The number of pyridine rings is 1. The summed E-state index contributed by atoms with van der Waals surface area (Å²) in [6.45, 7) is 2.04. The summed E-state index contributed by atoms with van der Waals surface area (Å²) in [6.07, 6.45) is 1.98. The fraction of sp³-hybridized carbons (Fsp3) is 0.143. The average molecular weight is 238 g/mol.